The summed E-state index contributed by atoms with van der Waals surface area (Å²) in [7, 11) is 0. The van der Waals surface area contributed by atoms with Gasteiger partial charge < -0.3 is 5.11 Å². The molecule has 3 heteroatoms. The Balaban J connectivity index is 1.93. The number of rotatable bonds is 2. The van der Waals surface area contributed by atoms with E-state index in [9.17, 15) is 13.9 Å². The maximum Gasteiger partial charge on any atom is 0.251 e. The van der Waals surface area contributed by atoms with Crippen LogP contribution in [0.25, 0.3) is 0 Å². The van der Waals surface area contributed by atoms with Crippen LogP contribution in [0.3, 0.4) is 0 Å². The Bertz CT molecular complexity index is 237. The third-order valence-corrected chi connectivity index (χ3v) is 2.96. The Labute approximate surface area is 76.4 Å². The summed E-state index contributed by atoms with van der Waals surface area (Å²) in [6.45, 7) is 0. The second kappa shape index (κ2) is 2.77. The van der Waals surface area contributed by atoms with Gasteiger partial charge in [0.15, 0.2) is 0 Å². The van der Waals surface area contributed by atoms with Gasteiger partial charge in [-0.05, 0) is 25.7 Å². The van der Waals surface area contributed by atoms with E-state index in [-0.39, 0.29) is 12.8 Å². The van der Waals surface area contributed by atoms with Crippen molar-refractivity contribution in [3.05, 3.63) is 12.2 Å². The predicted molar refractivity (Wildman–Crippen MR) is 45.6 cm³/mol. The fourth-order valence-corrected chi connectivity index (χ4v) is 2.00. The molecule has 0 aromatic rings. The minimum Gasteiger partial charge on any atom is -0.386 e. The molecule has 0 bridgehead atoms. The topological polar surface area (TPSA) is 20.2 Å². The minimum absolute atomic E-state index is 0.0385. The first-order valence-corrected chi connectivity index (χ1v) is 4.80. The van der Waals surface area contributed by atoms with Gasteiger partial charge in [0.2, 0.25) is 0 Å². The van der Waals surface area contributed by atoms with E-state index in [1.54, 1.807) is 6.08 Å². The first-order chi connectivity index (χ1) is 6.02. The molecule has 1 fully saturated rings. The van der Waals surface area contributed by atoms with E-state index in [1.165, 1.54) is 0 Å². The molecule has 0 radical (unpaired) electrons. The lowest BCUT2D eigenvalue weighted by atomic mass is 9.86. The lowest BCUT2D eigenvalue weighted by Crippen LogP contribution is -2.29. The van der Waals surface area contributed by atoms with Crippen LogP contribution in [0.4, 0.5) is 8.78 Å². The van der Waals surface area contributed by atoms with Gasteiger partial charge >= 0.3 is 0 Å². The zero-order chi connectivity index (χ0) is 9.53. The Morgan fingerprint density at radius 2 is 2.15 bits per heavy atom. The summed E-state index contributed by atoms with van der Waals surface area (Å²) in [5.74, 6) is -3.08. The standard InChI is InChI=1S/C10H14F2O/c11-10(12)7-8(10)6-9(13)4-2-1-3-5-9/h2,4,8,13H,1,3,5-7H2. The lowest BCUT2D eigenvalue weighted by Gasteiger charge is -2.27. The third-order valence-electron chi connectivity index (χ3n) is 2.96. The summed E-state index contributed by atoms with van der Waals surface area (Å²) in [6.07, 6.45) is 6.29. The number of halogens is 2. The molecular formula is C10H14F2O. The molecule has 1 N–H and O–H groups in total. The van der Waals surface area contributed by atoms with Crippen LogP contribution in [-0.2, 0) is 0 Å². The summed E-state index contributed by atoms with van der Waals surface area (Å²) in [5, 5.41) is 9.89. The van der Waals surface area contributed by atoms with Crippen LogP contribution < -0.4 is 0 Å². The average Bonchev–Trinajstić information content (AvgIpc) is 2.58. The highest BCUT2D eigenvalue weighted by Gasteiger charge is 2.58. The van der Waals surface area contributed by atoms with Gasteiger partial charge in [0.25, 0.3) is 5.92 Å². The van der Waals surface area contributed by atoms with Crippen LogP contribution in [0.1, 0.15) is 32.1 Å². The van der Waals surface area contributed by atoms with Crippen molar-refractivity contribution < 1.29 is 13.9 Å². The average molecular weight is 188 g/mol. The SMILES string of the molecule is OC1(CC2CC2(F)F)C=CCCC1. The molecule has 0 spiro atoms. The maximum absolute atomic E-state index is 12.6. The minimum atomic E-state index is -2.50. The molecule has 2 rings (SSSR count). The van der Waals surface area contributed by atoms with E-state index in [0.29, 0.717) is 6.42 Å². The highest BCUT2D eigenvalue weighted by atomic mass is 19.3. The molecule has 0 saturated heterocycles. The van der Waals surface area contributed by atoms with Crippen molar-refractivity contribution in [1.82, 2.24) is 0 Å². The predicted octanol–water partition coefficient (Wildman–Crippen LogP) is 2.50. The van der Waals surface area contributed by atoms with Gasteiger partial charge in [0.05, 0.1) is 5.60 Å². The maximum atomic E-state index is 12.6. The van der Waals surface area contributed by atoms with Gasteiger partial charge in [-0.3, -0.25) is 0 Å². The van der Waals surface area contributed by atoms with Crippen molar-refractivity contribution in [1.29, 1.82) is 0 Å². The number of hydrogen-bond acceptors (Lipinski definition) is 1. The van der Waals surface area contributed by atoms with Crippen molar-refractivity contribution >= 4 is 0 Å². The first-order valence-electron chi connectivity index (χ1n) is 4.80. The fourth-order valence-electron chi connectivity index (χ4n) is 2.00. The molecule has 1 nitrogen and oxygen atoms in total. The van der Waals surface area contributed by atoms with E-state index in [2.05, 4.69) is 0 Å². The highest BCUT2D eigenvalue weighted by molar-refractivity contribution is 5.09. The monoisotopic (exact) mass is 188 g/mol. The Hall–Kier alpha value is -0.440. The second-order valence-electron chi connectivity index (χ2n) is 4.26. The van der Waals surface area contributed by atoms with Crippen LogP contribution in [0.2, 0.25) is 0 Å². The van der Waals surface area contributed by atoms with Crippen molar-refractivity contribution in [3.63, 3.8) is 0 Å². The van der Waals surface area contributed by atoms with Crippen LogP contribution in [-0.4, -0.2) is 16.6 Å². The van der Waals surface area contributed by atoms with Crippen LogP contribution in [0, 0.1) is 5.92 Å². The van der Waals surface area contributed by atoms with Crippen molar-refractivity contribution in [2.45, 2.75) is 43.6 Å². The Kier molecular flexibility index (Phi) is 1.95. The molecule has 2 atom stereocenters. The van der Waals surface area contributed by atoms with E-state index in [1.807, 2.05) is 6.08 Å². The van der Waals surface area contributed by atoms with Crippen molar-refractivity contribution in [3.8, 4) is 0 Å². The zero-order valence-corrected chi connectivity index (χ0v) is 7.47. The Morgan fingerprint density at radius 1 is 1.46 bits per heavy atom. The largest absolute Gasteiger partial charge is 0.386 e. The van der Waals surface area contributed by atoms with E-state index < -0.39 is 17.4 Å². The normalized spacial score (nSPS) is 41.9. The molecule has 2 aliphatic carbocycles. The molecule has 0 aromatic heterocycles. The van der Waals surface area contributed by atoms with Gasteiger partial charge in [0, 0.05) is 12.3 Å². The van der Waals surface area contributed by atoms with Crippen molar-refractivity contribution in [2.24, 2.45) is 5.92 Å². The van der Waals surface area contributed by atoms with E-state index in [4.69, 9.17) is 0 Å². The first kappa shape index (κ1) is 9.13. The molecule has 0 heterocycles. The molecule has 74 valence electrons. The third kappa shape index (κ3) is 1.90. The quantitative estimate of drug-likeness (QED) is 0.660. The van der Waals surface area contributed by atoms with Crippen LogP contribution in [0.5, 0.6) is 0 Å². The number of alkyl halides is 2. The zero-order valence-electron chi connectivity index (χ0n) is 7.47. The highest BCUT2D eigenvalue weighted by Crippen LogP contribution is 2.53. The molecule has 2 unspecified atom stereocenters. The second-order valence-corrected chi connectivity index (χ2v) is 4.26. The fraction of sp³-hybridized carbons (Fsp3) is 0.800. The smallest absolute Gasteiger partial charge is 0.251 e. The van der Waals surface area contributed by atoms with Crippen LogP contribution in [0.15, 0.2) is 12.2 Å². The van der Waals surface area contributed by atoms with Gasteiger partial charge in [-0.1, -0.05) is 12.2 Å². The summed E-state index contributed by atoms with van der Waals surface area (Å²) >= 11 is 0. The van der Waals surface area contributed by atoms with Crippen LogP contribution >= 0.6 is 0 Å². The Morgan fingerprint density at radius 3 is 2.62 bits per heavy atom. The molecule has 0 aliphatic heterocycles. The van der Waals surface area contributed by atoms with Gasteiger partial charge in [-0.2, -0.15) is 0 Å². The van der Waals surface area contributed by atoms with Gasteiger partial charge in [0.1, 0.15) is 0 Å². The van der Waals surface area contributed by atoms with E-state index >= 15 is 0 Å². The summed E-state index contributed by atoms with van der Waals surface area (Å²) in [4.78, 5) is 0. The summed E-state index contributed by atoms with van der Waals surface area (Å²) in [5.41, 5.74) is -0.942. The lowest BCUT2D eigenvalue weighted by molar-refractivity contribution is 0.0325. The summed E-state index contributed by atoms with van der Waals surface area (Å²) < 4.78 is 25.2. The van der Waals surface area contributed by atoms with Gasteiger partial charge in [-0.15, -0.1) is 0 Å². The molecule has 1 saturated carbocycles. The summed E-state index contributed by atoms with van der Waals surface area (Å²) in [6, 6.07) is 0. The van der Waals surface area contributed by atoms with Gasteiger partial charge in [-0.25, -0.2) is 8.78 Å². The van der Waals surface area contributed by atoms with Crippen molar-refractivity contribution in [2.75, 3.05) is 0 Å². The molecule has 2 aliphatic rings. The molecular weight excluding hydrogens is 174 g/mol. The number of allylic oxidation sites excluding steroid dienone is 1. The van der Waals surface area contributed by atoms with E-state index in [0.717, 1.165) is 12.8 Å². The molecule has 0 aromatic carbocycles. The number of hydrogen-bond donors (Lipinski definition) is 1. The number of aliphatic hydroxyl groups is 1. The molecule has 13 heavy (non-hydrogen) atoms. The molecule has 0 amide bonds.